The van der Waals surface area contributed by atoms with E-state index < -0.39 is 0 Å². The maximum Gasteiger partial charge on any atom is 0.255 e. The molecule has 1 heterocycles. The summed E-state index contributed by atoms with van der Waals surface area (Å²) < 4.78 is 25.1. The summed E-state index contributed by atoms with van der Waals surface area (Å²) in [6.45, 7) is 4.64. The minimum Gasteiger partial charge on any atom is -0.496 e. The lowest BCUT2D eigenvalue weighted by Crippen LogP contribution is -2.27. The van der Waals surface area contributed by atoms with Crippen LogP contribution in [-0.2, 0) is 0 Å². The molecule has 0 aliphatic rings. The Morgan fingerprint density at radius 1 is 0.971 bits per heavy atom. The molecule has 2 amide bonds. The van der Waals surface area contributed by atoms with Gasteiger partial charge in [-0.3, -0.25) is 9.59 Å². The highest BCUT2D eigenvalue weighted by Gasteiger charge is 2.23. The summed E-state index contributed by atoms with van der Waals surface area (Å²) in [6, 6.07) is 16.5. The number of nitrogens with one attached hydrogen (secondary N) is 2. The minimum absolute atomic E-state index is 0.170. The van der Waals surface area contributed by atoms with Gasteiger partial charge in [0.25, 0.3) is 11.8 Å². The zero-order valence-corrected chi connectivity index (χ0v) is 20.1. The van der Waals surface area contributed by atoms with Crippen LogP contribution in [0.1, 0.15) is 34.6 Å². The van der Waals surface area contributed by atoms with Gasteiger partial charge in [0.2, 0.25) is 0 Å². The first-order valence-electron chi connectivity index (χ1n) is 11.3. The van der Waals surface area contributed by atoms with Crippen molar-refractivity contribution in [1.82, 2.24) is 10.6 Å². The third kappa shape index (κ3) is 4.89. The number of hydrogen-bond donors (Lipinski definition) is 2. The molecule has 6 nitrogen and oxygen atoms in total. The van der Waals surface area contributed by atoms with E-state index >= 15 is 0 Å². The number of ether oxygens (including phenoxy) is 1. The first-order valence-corrected chi connectivity index (χ1v) is 11.3. The minimum atomic E-state index is -0.377. The van der Waals surface area contributed by atoms with E-state index in [1.54, 1.807) is 50.6 Å². The maximum absolute atomic E-state index is 13.5. The standard InChI is InChI=1S/C28H27FN2O4/c1-16(2)15-31-27(32)19-8-11-23(34-4)21(14-19)18-7-12-24-22(13-18)25(28(33)30-3)26(35-24)17-5-9-20(29)10-6-17/h5-14,16H,15H2,1-4H3,(H,30,33)(H,31,32). The Balaban J connectivity index is 1.85. The van der Waals surface area contributed by atoms with Crippen molar-refractivity contribution in [3.8, 4) is 28.2 Å². The lowest BCUT2D eigenvalue weighted by molar-refractivity contribution is 0.0945. The van der Waals surface area contributed by atoms with Crippen molar-refractivity contribution >= 4 is 22.8 Å². The molecule has 0 aliphatic heterocycles. The molecular formula is C28H27FN2O4. The van der Waals surface area contributed by atoms with Gasteiger partial charge in [-0.05, 0) is 66.1 Å². The Bertz CT molecular complexity index is 1390. The highest BCUT2D eigenvalue weighted by atomic mass is 19.1. The molecule has 35 heavy (non-hydrogen) atoms. The van der Waals surface area contributed by atoms with Crippen LogP contribution >= 0.6 is 0 Å². The second-order valence-electron chi connectivity index (χ2n) is 8.62. The molecule has 0 unspecified atom stereocenters. The highest BCUT2D eigenvalue weighted by molar-refractivity contribution is 6.12. The van der Waals surface area contributed by atoms with Gasteiger partial charge in [-0.25, -0.2) is 4.39 Å². The number of fused-ring (bicyclic) bond motifs is 1. The predicted octanol–water partition coefficient (Wildman–Crippen LogP) is 5.66. The van der Waals surface area contributed by atoms with Crippen molar-refractivity contribution in [3.05, 3.63) is 77.6 Å². The van der Waals surface area contributed by atoms with Crippen LogP contribution < -0.4 is 15.4 Å². The molecule has 0 atom stereocenters. The molecule has 0 bridgehead atoms. The number of amides is 2. The van der Waals surface area contributed by atoms with E-state index in [-0.39, 0.29) is 17.6 Å². The summed E-state index contributed by atoms with van der Waals surface area (Å²) in [5.74, 6) is 0.404. The first kappa shape index (κ1) is 24.0. The topological polar surface area (TPSA) is 80.6 Å². The number of rotatable bonds is 7. The van der Waals surface area contributed by atoms with E-state index in [9.17, 15) is 14.0 Å². The van der Waals surface area contributed by atoms with E-state index in [0.29, 0.717) is 57.2 Å². The number of halogens is 1. The number of benzene rings is 3. The van der Waals surface area contributed by atoms with Crippen LogP contribution in [0.4, 0.5) is 4.39 Å². The van der Waals surface area contributed by atoms with Crippen molar-refractivity contribution < 1.29 is 23.1 Å². The highest BCUT2D eigenvalue weighted by Crippen LogP contribution is 2.38. The largest absolute Gasteiger partial charge is 0.496 e. The molecule has 0 spiro atoms. The van der Waals surface area contributed by atoms with Crippen molar-refractivity contribution in [1.29, 1.82) is 0 Å². The molecular weight excluding hydrogens is 447 g/mol. The summed E-state index contributed by atoms with van der Waals surface area (Å²) in [4.78, 5) is 25.5. The first-order chi connectivity index (χ1) is 16.8. The number of hydrogen-bond acceptors (Lipinski definition) is 4. The lowest BCUT2D eigenvalue weighted by Gasteiger charge is -2.12. The fraction of sp³-hybridized carbons (Fsp3) is 0.214. The van der Waals surface area contributed by atoms with Crippen LogP contribution in [0.3, 0.4) is 0 Å². The van der Waals surface area contributed by atoms with Crippen LogP contribution in [0.2, 0.25) is 0 Å². The summed E-state index contributed by atoms with van der Waals surface area (Å²) >= 11 is 0. The molecule has 0 saturated carbocycles. The Labute approximate surface area is 203 Å². The van der Waals surface area contributed by atoms with Gasteiger partial charge in [-0.15, -0.1) is 0 Å². The molecule has 4 rings (SSSR count). The molecule has 4 aromatic rings. The van der Waals surface area contributed by atoms with Gasteiger partial charge in [0.1, 0.15) is 22.9 Å². The van der Waals surface area contributed by atoms with Crippen molar-refractivity contribution in [3.63, 3.8) is 0 Å². The molecule has 7 heteroatoms. The summed E-state index contributed by atoms with van der Waals surface area (Å²) in [5, 5.41) is 6.18. The van der Waals surface area contributed by atoms with Gasteiger partial charge in [0.05, 0.1) is 12.7 Å². The maximum atomic E-state index is 13.5. The van der Waals surface area contributed by atoms with E-state index in [2.05, 4.69) is 10.6 Å². The Kier molecular flexibility index (Phi) is 6.87. The summed E-state index contributed by atoms with van der Waals surface area (Å²) in [7, 11) is 3.11. The SMILES string of the molecule is CNC(=O)c1c(-c2ccc(F)cc2)oc2ccc(-c3cc(C(=O)NCC(C)C)ccc3OC)cc12. The number of carbonyl (C=O) groups is 2. The molecule has 0 aliphatic carbocycles. The average Bonchev–Trinajstić information content (AvgIpc) is 3.25. The Morgan fingerprint density at radius 2 is 1.69 bits per heavy atom. The van der Waals surface area contributed by atoms with Gasteiger partial charge in [0.15, 0.2) is 0 Å². The van der Waals surface area contributed by atoms with Gasteiger partial charge in [-0.1, -0.05) is 19.9 Å². The van der Waals surface area contributed by atoms with E-state index in [0.717, 1.165) is 5.56 Å². The second kappa shape index (κ2) is 10.0. The lowest BCUT2D eigenvalue weighted by atomic mass is 9.98. The van der Waals surface area contributed by atoms with Crippen molar-refractivity contribution in [2.45, 2.75) is 13.8 Å². The predicted molar refractivity (Wildman–Crippen MR) is 134 cm³/mol. The van der Waals surface area contributed by atoms with E-state index in [1.165, 1.54) is 12.1 Å². The van der Waals surface area contributed by atoms with Crippen LogP contribution in [-0.4, -0.2) is 32.5 Å². The van der Waals surface area contributed by atoms with Gasteiger partial charge in [0, 0.05) is 35.7 Å². The molecule has 180 valence electrons. The van der Waals surface area contributed by atoms with Crippen molar-refractivity contribution in [2.75, 3.05) is 20.7 Å². The van der Waals surface area contributed by atoms with E-state index in [4.69, 9.17) is 9.15 Å². The smallest absolute Gasteiger partial charge is 0.255 e. The summed E-state index contributed by atoms with van der Waals surface area (Å²) in [5.41, 5.74) is 3.41. The molecule has 0 saturated heterocycles. The second-order valence-corrected chi connectivity index (χ2v) is 8.62. The quantitative estimate of drug-likeness (QED) is 0.362. The molecule has 2 N–H and O–H groups in total. The van der Waals surface area contributed by atoms with Crippen LogP contribution in [0.5, 0.6) is 5.75 Å². The van der Waals surface area contributed by atoms with E-state index in [1.807, 2.05) is 26.0 Å². The van der Waals surface area contributed by atoms with Crippen LogP contribution in [0, 0.1) is 11.7 Å². The normalized spacial score (nSPS) is 11.0. The molecule has 1 aromatic heterocycles. The van der Waals surface area contributed by atoms with Gasteiger partial charge < -0.3 is 19.8 Å². The third-order valence-corrected chi connectivity index (χ3v) is 5.69. The van der Waals surface area contributed by atoms with Crippen LogP contribution in [0.25, 0.3) is 33.4 Å². The monoisotopic (exact) mass is 474 g/mol. The number of methoxy groups -OCH3 is 1. The Hall–Kier alpha value is -4.13. The molecule has 0 fully saturated rings. The fourth-order valence-corrected chi connectivity index (χ4v) is 3.89. The van der Waals surface area contributed by atoms with Gasteiger partial charge >= 0.3 is 0 Å². The van der Waals surface area contributed by atoms with Gasteiger partial charge in [-0.2, -0.15) is 0 Å². The number of furan rings is 1. The average molecular weight is 475 g/mol. The van der Waals surface area contributed by atoms with Crippen LogP contribution in [0.15, 0.2) is 65.1 Å². The molecule has 3 aromatic carbocycles. The Morgan fingerprint density at radius 3 is 2.34 bits per heavy atom. The molecule has 0 radical (unpaired) electrons. The third-order valence-electron chi connectivity index (χ3n) is 5.69. The summed E-state index contributed by atoms with van der Waals surface area (Å²) in [6.07, 6.45) is 0. The number of carbonyl (C=O) groups excluding carboxylic acids is 2. The fourth-order valence-electron chi connectivity index (χ4n) is 3.89. The van der Waals surface area contributed by atoms with Crippen molar-refractivity contribution in [2.24, 2.45) is 5.92 Å². The zero-order valence-electron chi connectivity index (χ0n) is 20.1. The zero-order chi connectivity index (χ0) is 25.1.